The smallest absolute Gasteiger partial charge is 0.358 e. The molecule has 1 amide bonds. The summed E-state index contributed by atoms with van der Waals surface area (Å²) in [5, 5.41) is 24.6. The van der Waals surface area contributed by atoms with Crippen molar-refractivity contribution in [3.8, 4) is 0 Å². The first kappa shape index (κ1) is 26.6. The Morgan fingerprint density at radius 2 is 1.82 bits per heavy atom. The highest BCUT2D eigenvalue weighted by molar-refractivity contribution is 6.42. The van der Waals surface area contributed by atoms with Gasteiger partial charge in [-0.25, -0.2) is 0 Å². The van der Waals surface area contributed by atoms with Crippen molar-refractivity contribution < 1.29 is 9.72 Å². The molecule has 2 aromatic heterocycles. The Hall–Kier alpha value is -2.62. The molecular formula is C27H29Cl3N6O3. The molecule has 3 aromatic rings. The first-order chi connectivity index (χ1) is 18.5. The lowest BCUT2D eigenvalue weighted by Gasteiger charge is -2.61. The first-order valence-electron chi connectivity index (χ1n) is 13.1. The van der Waals surface area contributed by atoms with Crippen LogP contribution in [0.1, 0.15) is 61.9 Å². The van der Waals surface area contributed by atoms with Gasteiger partial charge in [-0.05, 0) is 92.2 Å². The molecule has 0 saturated heterocycles. The maximum atomic E-state index is 13.4. The average Bonchev–Trinajstić information content (AvgIpc) is 3.33. The molecular weight excluding hydrogens is 563 g/mol. The summed E-state index contributed by atoms with van der Waals surface area (Å²) in [6, 6.07) is 7.34. The second-order valence-electron chi connectivity index (χ2n) is 11.9. The summed E-state index contributed by atoms with van der Waals surface area (Å²) in [5.41, 5.74) is 1.99. The van der Waals surface area contributed by atoms with Crippen molar-refractivity contribution in [3.63, 3.8) is 0 Å². The molecule has 1 N–H and O–H groups in total. The van der Waals surface area contributed by atoms with Crippen LogP contribution in [-0.4, -0.2) is 30.4 Å². The van der Waals surface area contributed by atoms with Crippen LogP contribution in [0.3, 0.4) is 0 Å². The lowest BCUT2D eigenvalue weighted by atomic mass is 9.46. The maximum Gasteiger partial charge on any atom is 0.408 e. The average molecular weight is 592 g/mol. The van der Waals surface area contributed by atoms with E-state index >= 15 is 0 Å². The third kappa shape index (κ3) is 4.72. The highest BCUT2D eigenvalue weighted by Crippen LogP contribution is 2.65. The summed E-state index contributed by atoms with van der Waals surface area (Å²) >= 11 is 18.5. The monoisotopic (exact) mass is 590 g/mol. The lowest BCUT2D eigenvalue weighted by molar-refractivity contribution is -0.389. The number of aryl methyl sites for hydroxylation is 1. The highest BCUT2D eigenvalue weighted by atomic mass is 35.5. The van der Waals surface area contributed by atoms with Crippen LogP contribution in [-0.2, 0) is 16.9 Å². The van der Waals surface area contributed by atoms with E-state index in [0.717, 1.165) is 49.8 Å². The van der Waals surface area contributed by atoms with Gasteiger partial charge in [0.25, 0.3) is 0 Å². The molecule has 2 unspecified atom stereocenters. The molecule has 2 atom stereocenters. The van der Waals surface area contributed by atoms with E-state index in [9.17, 15) is 14.9 Å². The van der Waals surface area contributed by atoms with Crippen molar-refractivity contribution in [3.05, 3.63) is 66.4 Å². The zero-order valence-corrected chi connectivity index (χ0v) is 24.0. The van der Waals surface area contributed by atoms with Crippen LogP contribution in [0.4, 0.5) is 11.6 Å². The van der Waals surface area contributed by atoms with Gasteiger partial charge >= 0.3 is 5.82 Å². The van der Waals surface area contributed by atoms with E-state index in [-0.39, 0.29) is 27.7 Å². The molecule has 12 heteroatoms. The molecule has 4 aliphatic carbocycles. The van der Waals surface area contributed by atoms with Gasteiger partial charge in [-0.2, -0.15) is 9.78 Å². The lowest BCUT2D eigenvalue weighted by Crippen LogP contribution is -2.57. The van der Waals surface area contributed by atoms with Crippen molar-refractivity contribution in [1.82, 2.24) is 19.6 Å². The minimum absolute atomic E-state index is 0.0625. The summed E-state index contributed by atoms with van der Waals surface area (Å²) < 4.78 is 3.65. The SMILES string of the molecule is Cc1cc(NC(=O)CC23CC4CC(C2)CC(n2nc([N+](=O)[O-])c(Cl)c2C)(C4)C3)nn1Cc1ccc(Cl)c(Cl)c1. The standard InChI is InChI=1S/C27H29Cl3N6O3/c1-15-5-22(32-34(15)13-17-3-4-20(28)21(29)7-17)31-23(37)12-26-8-18-6-19(9-26)11-27(10-18,14-26)35-16(2)24(30)25(33-35)36(38)39/h3-5,7,18-19H,6,8-14H2,1-2H3,(H,31,32,37). The van der Waals surface area contributed by atoms with Crippen LogP contribution in [0.2, 0.25) is 15.1 Å². The molecule has 0 radical (unpaired) electrons. The fraction of sp³-hybridized carbons (Fsp3) is 0.519. The number of carbonyl (C=O) groups excluding carboxylic acids is 1. The van der Waals surface area contributed by atoms with Crippen LogP contribution < -0.4 is 5.32 Å². The predicted octanol–water partition coefficient (Wildman–Crippen LogP) is 6.94. The van der Waals surface area contributed by atoms with Gasteiger partial charge in [0.05, 0.1) is 32.9 Å². The molecule has 0 aliphatic heterocycles. The third-order valence-corrected chi connectivity index (χ3v) is 10.1. The molecule has 4 bridgehead atoms. The molecule has 4 aliphatic rings. The van der Waals surface area contributed by atoms with E-state index in [1.807, 2.05) is 34.5 Å². The van der Waals surface area contributed by atoms with Crippen LogP contribution in [0.25, 0.3) is 0 Å². The quantitative estimate of drug-likeness (QED) is 0.237. The molecule has 9 nitrogen and oxygen atoms in total. The topological polar surface area (TPSA) is 108 Å². The summed E-state index contributed by atoms with van der Waals surface area (Å²) in [5.74, 6) is 1.10. The molecule has 4 saturated carbocycles. The van der Waals surface area contributed by atoms with Gasteiger partial charge in [-0.15, -0.1) is 0 Å². The van der Waals surface area contributed by atoms with Crippen LogP contribution >= 0.6 is 34.8 Å². The largest absolute Gasteiger partial charge is 0.408 e. The molecule has 0 spiro atoms. The number of carbonyl (C=O) groups is 1. The second kappa shape index (κ2) is 9.49. The van der Waals surface area contributed by atoms with Crippen LogP contribution in [0, 0.1) is 41.2 Å². The number of benzene rings is 1. The number of nitro groups is 1. The Balaban J connectivity index is 1.20. The molecule has 7 rings (SSSR count). The van der Waals surface area contributed by atoms with E-state index in [0.29, 0.717) is 46.4 Å². The fourth-order valence-corrected chi connectivity index (χ4v) is 8.48. The van der Waals surface area contributed by atoms with E-state index in [1.54, 1.807) is 13.0 Å². The second-order valence-corrected chi connectivity index (χ2v) is 13.1. The van der Waals surface area contributed by atoms with Gasteiger partial charge in [0.1, 0.15) is 0 Å². The van der Waals surface area contributed by atoms with Gasteiger partial charge in [0, 0.05) is 18.2 Å². The van der Waals surface area contributed by atoms with E-state index < -0.39 is 4.92 Å². The minimum atomic E-state index is -0.516. The summed E-state index contributed by atoms with van der Waals surface area (Å²) in [6.45, 7) is 4.25. The number of amides is 1. The fourth-order valence-electron chi connectivity index (χ4n) is 7.97. The van der Waals surface area contributed by atoms with E-state index in [2.05, 4.69) is 15.5 Å². The number of hydrogen-bond donors (Lipinski definition) is 1. The molecule has 2 heterocycles. The van der Waals surface area contributed by atoms with E-state index in [1.165, 1.54) is 0 Å². The van der Waals surface area contributed by atoms with Crippen LogP contribution in [0.5, 0.6) is 0 Å². The van der Waals surface area contributed by atoms with Gasteiger partial charge in [-0.1, -0.05) is 40.9 Å². The highest BCUT2D eigenvalue weighted by Gasteiger charge is 2.60. The molecule has 39 heavy (non-hydrogen) atoms. The molecule has 1 aromatic carbocycles. The number of rotatable bonds is 7. The first-order valence-corrected chi connectivity index (χ1v) is 14.3. The Morgan fingerprint density at radius 3 is 2.46 bits per heavy atom. The number of aromatic nitrogens is 4. The number of halogens is 3. The number of anilines is 1. The van der Waals surface area contributed by atoms with Crippen LogP contribution in [0.15, 0.2) is 24.3 Å². The maximum absolute atomic E-state index is 13.4. The van der Waals surface area contributed by atoms with Gasteiger partial charge < -0.3 is 15.4 Å². The summed E-state index contributed by atoms with van der Waals surface area (Å²) in [6.07, 6.45) is 6.10. The van der Waals surface area contributed by atoms with Gasteiger partial charge in [0.2, 0.25) is 5.91 Å². The number of nitrogens with one attached hydrogen (secondary N) is 1. The van der Waals surface area contributed by atoms with Crippen molar-refractivity contribution in [1.29, 1.82) is 0 Å². The predicted molar refractivity (Wildman–Crippen MR) is 149 cm³/mol. The normalized spacial score (nSPS) is 27.2. The minimum Gasteiger partial charge on any atom is -0.358 e. The Morgan fingerprint density at radius 1 is 1.10 bits per heavy atom. The zero-order chi connectivity index (χ0) is 27.7. The summed E-state index contributed by atoms with van der Waals surface area (Å²) in [7, 11) is 0. The van der Waals surface area contributed by atoms with E-state index in [4.69, 9.17) is 34.8 Å². The van der Waals surface area contributed by atoms with Crippen molar-refractivity contribution in [2.45, 2.75) is 70.9 Å². The Labute approximate surface area is 240 Å². The number of hydrogen-bond acceptors (Lipinski definition) is 5. The van der Waals surface area contributed by atoms with Gasteiger partial charge in [0.15, 0.2) is 10.8 Å². The van der Waals surface area contributed by atoms with Gasteiger partial charge in [-0.3, -0.25) is 9.48 Å². The molecule has 206 valence electrons. The molecule has 4 fully saturated rings. The summed E-state index contributed by atoms with van der Waals surface area (Å²) in [4.78, 5) is 24.4. The Kier molecular flexibility index (Phi) is 6.47. The van der Waals surface area contributed by atoms with Crippen molar-refractivity contribution >= 4 is 52.3 Å². The van der Waals surface area contributed by atoms with Crippen molar-refractivity contribution in [2.75, 3.05) is 5.32 Å². The number of nitrogens with zero attached hydrogens (tertiary/aromatic N) is 5. The zero-order valence-electron chi connectivity index (χ0n) is 21.7. The third-order valence-electron chi connectivity index (χ3n) is 8.90. The van der Waals surface area contributed by atoms with Crippen molar-refractivity contribution in [2.24, 2.45) is 17.3 Å². The Bertz CT molecular complexity index is 1480.